The van der Waals surface area contributed by atoms with Gasteiger partial charge in [-0.3, -0.25) is 4.79 Å². The summed E-state index contributed by atoms with van der Waals surface area (Å²) in [4.78, 5) is 30.4. The number of rotatable bonds is 3. The average Bonchev–Trinajstić information content (AvgIpc) is 3.21. The van der Waals surface area contributed by atoms with Gasteiger partial charge < -0.3 is 15.3 Å². The molecule has 4 aromatic rings. The molecule has 124 valence electrons. The number of amides is 1. The molecule has 0 fully saturated rings. The Balaban J connectivity index is 1.56. The Kier molecular flexibility index (Phi) is 3.70. The van der Waals surface area contributed by atoms with Crippen molar-refractivity contribution < 1.29 is 9.18 Å². The molecule has 25 heavy (non-hydrogen) atoms. The van der Waals surface area contributed by atoms with Gasteiger partial charge in [-0.1, -0.05) is 12.1 Å². The molecule has 1 amide bonds. The van der Waals surface area contributed by atoms with Crippen molar-refractivity contribution >= 4 is 34.0 Å². The molecule has 5 nitrogen and oxygen atoms in total. The van der Waals surface area contributed by atoms with Gasteiger partial charge in [-0.2, -0.15) is 0 Å². The van der Waals surface area contributed by atoms with Crippen molar-refractivity contribution in [1.82, 2.24) is 9.97 Å². The standard InChI is InChI=1S/C18H12FN3O2S/c19-11-3-1-10(2-4-11)15-7-8-16(25-15)17(23)20-12-5-6-13-14(9-12)22-18(24)21-13/h1-9H,(H,20,23)(H2,21,22,24). The van der Waals surface area contributed by atoms with Crippen molar-refractivity contribution in [2.75, 3.05) is 5.32 Å². The van der Waals surface area contributed by atoms with Crippen LogP contribution in [-0.4, -0.2) is 15.9 Å². The lowest BCUT2D eigenvalue weighted by Gasteiger charge is -2.03. The van der Waals surface area contributed by atoms with Gasteiger partial charge in [0.25, 0.3) is 5.91 Å². The van der Waals surface area contributed by atoms with E-state index in [2.05, 4.69) is 15.3 Å². The summed E-state index contributed by atoms with van der Waals surface area (Å²) in [5.74, 6) is -0.535. The monoisotopic (exact) mass is 353 g/mol. The molecule has 0 aliphatic heterocycles. The molecule has 7 heteroatoms. The number of carbonyl (C=O) groups is 1. The number of thiophene rings is 1. The smallest absolute Gasteiger partial charge is 0.321 e. The predicted molar refractivity (Wildman–Crippen MR) is 96.6 cm³/mol. The quantitative estimate of drug-likeness (QED) is 0.521. The average molecular weight is 353 g/mol. The number of aromatic amines is 2. The number of carbonyl (C=O) groups excluding carboxylic acids is 1. The summed E-state index contributed by atoms with van der Waals surface area (Å²) < 4.78 is 13.0. The van der Waals surface area contributed by atoms with Gasteiger partial charge in [0, 0.05) is 10.6 Å². The summed E-state index contributed by atoms with van der Waals surface area (Å²) in [7, 11) is 0. The molecule has 2 aromatic heterocycles. The molecule has 0 saturated carbocycles. The Labute approximate surface area is 145 Å². The third-order valence-corrected chi connectivity index (χ3v) is 4.87. The molecule has 2 aromatic carbocycles. The van der Waals surface area contributed by atoms with E-state index in [1.54, 1.807) is 36.4 Å². The van der Waals surface area contributed by atoms with Gasteiger partial charge in [-0.25, -0.2) is 9.18 Å². The molecule has 3 N–H and O–H groups in total. The molecule has 0 aliphatic carbocycles. The molecule has 0 saturated heterocycles. The van der Waals surface area contributed by atoms with E-state index in [0.29, 0.717) is 21.6 Å². The zero-order chi connectivity index (χ0) is 17.4. The molecule has 0 bridgehead atoms. The van der Waals surface area contributed by atoms with Gasteiger partial charge in [0.15, 0.2) is 0 Å². The van der Waals surface area contributed by atoms with Crippen molar-refractivity contribution in [2.45, 2.75) is 0 Å². The van der Waals surface area contributed by atoms with Gasteiger partial charge in [0.1, 0.15) is 5.82 Å². The molecule has 4 rings (SSSR count). The van der Waals surface area contributed by atoms with Crippen molar-refractivity contribution in [3.8, 4) is 10.4 Å². The Hall–Kier alpha value is -3.19. The summed E-state index contributed by atoms with van der Waals surface area (Å²) in [6, 6.07) is 14.8. The first kappa shape index (κ1) is 15.3. The number of halogens is 1. The Bertz CT molecular complexity index is 1130. The Morgan fingerprint density at radius 2 is 1.72 bits per heavy atom. The van der Waals surface area contributed by atoms with Crippen LogP contribution < -0.4 is 11.0 Å². The minimum atomic E-state index is -0.295. The summed E-state index contributed by atoms with van der Waals surface area (Å²) in [6.45, 7) is 0. The van der Waals surface area contributed by atoms with Crippen molar-refractivity contribution in [3.05, 3.63) is 75.8 Å². The summed E-state index contributed by atoms with van der Waals surface area (Å²) in [6.07, 6.45) is 0. The van der Waals surface area contributed by atoms with E-state index in [0.717, 1.165) is 10.4 Å². The van der Waals surface area contributed by atoms with Crippen LogP contribution in [0.25, 0.3) is 21.5 Å². The lowest BCUT2D eigenvalue weighted by molar-refractivity contribution is 0.103. The van der Waals surface area contributed by atoms with Gasteiger partial charge in [0.05, 0.1) is 15.9 Å². The number of aromatic nitrogens is 2. The highest BCUT2D eigenvalue weighted by molar-refractivity contribution is 7.17. The van der Waals surface area contributed by atoms with E-state index >= 15 is 0 Å². The number of H-pyrrole nitrogens is 2. The first-order chi connectivity index (χ1) is 12.1. The highest BCUT2D eigenvalue weighted by atomic mass is 32.1. The fourth-order valence-electron chi connectivity index (χ4n) is 2.53. The van der Waals surface area contributed by atoms with Crippen LogP contribution >= 0.6 is 11.3 Å². The number of benzene rings is 2. The lowest BCUT2D eigenvalue weighted by atomic mass is 10.2. The van der Waals surface area contributed by atoms with E-state index in [1.807, 2.05) is 6.07 Å². The first-order valence-corrected chi connectivity index (χ1v) is 8.29. The minimum absolute atomic E-state index is 0.240. The molecular formula is C18H12FN3O2S. The largest absolute Gasteiger partial charge is 0.323 e. The molecular weight excluding hydrogens is 341 g/mol. The second-order valence-corrected chi connectivity index (χ2v) is 6.55. The van der Waals surface area contributed by atoms with E-state index < -0.39 is 0 Å². The van der Waals surface area contributed by atoms with Crippen LogP contribution in [0.15, 0.2) is 59.4 Å². The van der Waals surface area contributed by atoms with E-state index in [-0.39, 0.29) is 17.4 Å². The first-order valence-electron chi connectivity index (χ1n) is 7.48. The van der Waals surface area contributed by atoms with Gasteiger partial charge in [-0.05, 0) is 48.0 Å². The maximum absolute atomic E-state index is 13.0. The van der Waals surface area contributed by atoms with Crippen LogP contribution in [0.4, 0.5) is 10.1 Å². The van der Waals surface area contributed by atoms with Crippen LogP contribution in [-0.2, 0) is 0 Å². The summed E-state index contributed by atoms with van der Waals surface area (Å²) in [5, 5.41) is 2.81. The second kappa shape index (κ2) is 6.03. The van der Waals surface area contributed by atoms with Crippen molar-refractivity contribution in [3.63, 3.8) is 0 Å². The third-order valence-electron chi connectivity index (χ3n) is 3.73. The second-order valence-electron chi connectivity index (χ2n) is 5.46. The molecule has 0 radical (unpaired) electrons. The zero-order valence-corrected chi connectivity index (χ0v) is 13.6. The zero-order valence-electron chi connectivity index (χ0n) is 12.8. The van der Waals surface area contributed by atoms with E-state index in [9.17, 15) is 14.0 Å². The van der Waals surface area contributed by atoms with Crippen LogP contribution in [0.5, 0.6) is 0 Å². The summed E-state index contributed by atoms with van der Waals surface area (Å²) >= 11 is 1.33. The number of anilines is 1. The van der Waals surface area contributed by atoms with Gasteiger partial charge >= 0.3 is 5.69 Å². The fraction of sp³-hybridized carbons (Fsp3) is 0. The topological polar surface area (TPSA) is 77.8 Å². The molecule has 2 heterocycles. The lowest BCUT2D eigenvalue weighted by Crippen LogP contribution is -2.09. The van der Waals surface area contributed by atoms with Crippen LogP contribution in [0.1, 0.15) is 9.67 Å². The highest BCUT2D eigenvalue weighted by Crippen LogP contribution is 2.29. The fourth-order valence-corrected chi connectivity index (χ4v) is 3.44. The number of fused-ring (bicyclic) bond motifs is 1. The molecule has 0 aliphatic rings. The number of hydrogen-bond acceptors (Lipinski definition) is 3. The van der Waals surface area contributed by atoms with Gasteiger partial charge in [-0.15, -0.1) is 11.3 Å². The summed E-state index contributed by atoms with van der Waals surface area (Å²) in [5.41, 5.74) is 2.46. The third kappa shape index (κ3) is 3.09. The molecule has 0 unspecified atom stereocenters. The molecule has 0 spiro atoms. The Morgan fingerprint density at radius 1 is 0.960 bits per heavy atom. The number of hydrogen-bond donors (Lipinski definition) is 3. The van der Waals surface area contributed by atoms with Crippen LogP contribution in [0, 0.1) is 5.82 Å². The normalized spacial score (nSPS) is 10.9. The number of nitrogens with one attached hydrogen (secondary N) is 3. The number of imidazole rings is 1. The van der Waals surface area contributed by atoms with Gasteiger partial charge in [0.2, 0.25) is 0 Å². The Morgan fingerprint density at radius 3 is 2.52 bits per heavy atom. The van der Waals surface area contributed by atoms with Crippen LogP contribution in [0.2, 0.25) is 0 Å². The van der Waals surface area contributed by atoms with Crippen molar-refractivity contribution in [2.24, 2.45) is 0 Å². The van der Waals surface area contributed by atoms with E-state index in [4.69, 9.17) is 0 Å². The maximum atomic E-state index is 13.0. The van der Waals surface area contributed by atoms with Crippen molar-refractivity contribution in [1.29, 1.82) is 0 Å². The van der Waals surface area contributed by atoms with E-state index in [1.165, 1.54) is 23.5 Å². The predicted octanol–water partition coefficient (Wildman–Crippen LogP) is 3.98. The highest BCUT2D eigenvalue weighted by Gasteiger charge is 2.11. The maximum Gasteiger partial charge on any atom is 0.323 e. The SMILES string of the molecule is O=C(Nc1ccc2[nH]c(=O)[nH]c2c1)c1ccc(-c2ccc(F)cc2)s1. The molecule has 0 atom stereocenters. The van der Waals surface area contributed by atoms with Crippen LogP contribution in [0.3, 0.4) is 0 Å². The minimum Gasteiger partial charge on any atom is -0.321 e.